The van der Waals surface area contributed by atoms with Gasteiger partial charge in [0.1, 0.15) is 5.75 Å². The van der Waals surface area contributed by atoms with E-state index in [-0.39, 0.29) is 23.9 Å². The molecule has 0 fully saturated rings. The molecule has 3 aromatic rings. The van der Waals surface area contributed by atoms with Crippen molar-refractivity contribution >= 4 is 17.3 Å². The molecule has 1 heterocycles. The maximum Gasteiger partial charge on any atom is 0.258 e. The number of ether oxygens (including phenoxy) is 1. The van der Waals surface area contributed by atoms with Crippen molar-refractivity contribution in [3.63, 3.8) is 0 Å². The van der Waals surface area contributed by atoms with Crippen LogP contribution in [0.1, 0.15) is 49.2 Å². The van der Waals surface area contributed by atoms with E-state index in [1.165, 1.54) is 0 Å². The number of nitrogens with zero attached hydrogens (tertiary/aromatic N) is 1. The second-order valence-corrected chi connectivity index (χ2v) is 8.01. The molecular weight excluding hydrogens is 384 g/mol. The Kier molecular flexibility index (Phi) is 6.26. The number of fused-ring (bicyclic) bond motifs is 1. The molecule has 1 aliphatic rings. The molecule has 1 amide bonds. The van der Waals surface area contributed by atoms with Crippen LogP contribution in [0.2, 0.25) is 0 Å². The van der Waals surface area contributed by atoms with E-state index in [1.807, 2.05) is 60.4 Å². The normalized spacial score (nSPS) is 20.1. The number of hydrogen-bond acceptors (Lipinski definition) is 3. The fourth-order valence-electron chi connectivity index (χ4n) is 4.63. The van der Waals surface area contributed by atoms with Gasteiger partial charge in [-0.3, -0.25) is 4.79 Å². The number of carbonyl (C=O) groups excluding carboxylic acids is 1. The van der Waals surface area contributed by atoms with Crippen LogP contribution in [0.4, 0.5) is 11.4 Å². The highest BCUT2D eigenvalue weighted by Gasteiger charge is 2.40. The number of nitrogens with one attached hydrogen (secondary N) is 1. The van der Waals surface area contributed by atoms with Crippen LogP contribution in [-0.4, -0.2) is 18.6 Å². The predicted octanol–water partition coefficient (Wildman–Crippen LogP) is 6.31. The molecule has 0 saturated heterocycles. The van der Waals surface area contributed by atoms with Crippen LogP contribution in [0.25, 0.3) is 0 Å². The van der Waals surface area contributed by atoms with Crippen molar-refractivity contribution in [1.82, 2.24) is 0 Å². The van der Waals surface area contributed by atoms with Gasteiger partial charge in [-0.1, -0.05) is 50.2 Å². The van der Waals surface area contributed by atoms with Gasteiger partial charge < -0.3 is 15.0 Å². The zero-order valence-corrected chi connectivity index (χ0v) is 18.4. The molecule has 160 valence electrons. The quantitative estimate of drug-likeness (QED) is 0.514. The first-order valence-corrected chi connectivity index (χ1v) is 11.1. The Labute approximate surface area is 184 Å². The third-order valence-corrected chi connectivity index (χ3v) is 6.14. The minimum Gasteiger partial charge on any atom is -0.494 e. The lowest BCUT2D eigenvalue weighted by molar-refractivity contribution is 0.0960. The number of rotatable bonds is 6. The first-order chi connectivity index (χ1) is 15.1. The summed E-state index contributed by atoms with van der Waals surface area (Å²) in [6.45, 7) is 6.96. The van der Waals surface area contributed by atoms with E-state index in [0.717, 1.165) is 29.1 Å². The molecule has 1 N–H and O–H groups in total. The molecule has 4 nitrogen and oxygen atoms in total. The molecule has 3 atom stereocenters. The Morgan fingerprint density at radius 3 is 2.29 bits per heavy atom. The highest BCUT2D eigenvalue weighted by molar-refractivity contribution is 6.07. The Bertz CT molecular complexity index is 1020. The zero-order chi connectivity index (χ0) is 21.8. The second-order valence-electron chi connectivity index (χ2n) is 8.01. The third kappa shape index (κ3) is 4.15. The number of amides is 1. The zero-order valence-electron chi connectivity index (χ0n) is 18.4. The minimum atomic E-state index is 0.0346. The van der Waals surface area contributed by atoms with Gasteiger partial charge in [0.25, 0.3) is 5.91 Å². The fraction of sp³-hybridized carbons (Fsp3) is 0.296. The van der Waals surface area contributed by atoms with E-state index in [2.05, 4.69) is 49.5 Å². The summed E-state index contributed by atoms with van der Waals surface area (Å²) in [5.74, 6) is 1.06. The Balaban J connectivity index is 1.71. The molecule has 1 aliphatic heterocycles. The van der Waals surface area contributed by atoms with Gasteiger partial charge in [-0.05, 0) is 61.4 Å². The molecular formula is C27H30N2O2. The van der Waals surface area contributed by atoms with Gasteiger partial charge in [0.15, 0.2) is 0 Å². The molecule has 0 spiro atoms. The van der Waals surface area contributed by atoms with Crippen LogP contribution in [0.3, 0.4) is 0 Å². The van der Waals surface area contributed by atoms with Gasteiger partial charge in [-0.15, -0.1) is 0 Å². The highest BCUT2D eigenvalue weighted by Crippen LogP contribution is 2.44. The Morgan fingerprint density at radius 2 is 1.61 bits per heavy atom. The van der Waals surface area contributed by atoms with Crippen LogP contribution < -0.4 is 15.0 Å². The Morgan fingerprint density at radius 1 is 0.935 bits per heavy atom. The van der Waals surface area contributed by atoms with E-state index < -0.39 is 0 Å². The molecule has 0 aromatic heterocycles. The fourth-order valence-corrected chi connectivity index (χ4v) is 4.63. The molecule has 0 bridgehead atoms. The topological polar surface area (TPSA) is 41.6 Å². The van der Waals surface area contributed by atoms with Gasteiger partial charge in [-0.2, -0.15) is 0 Å². The van der Waals surface area contributed by atoms with E-state index in [4.69, 9.17) is 4.74 Å². The largest absolute Gasteiger partial charge is 0.494 e. The smallest absolute Gasteiger partial charge is 0.258 e. The van der Waals surface area contributed by atoms with Crippen LogP contribution in [0, 0.1) is 5.92 Å². The monoisotopic (exact) mass is 414 g/mol. The van der Waals surface area contributed by atoms with Crippen molar-refractivity contribution in [3.05, 3.63) is 90.0 Å². The van der Waals surface area contributed by atoms with Gasteiger partial charge in [0, 0.05) is 28.9 Å². The number of para-hydroxylation sites is 2. The maximum absolute atomic E-state index is 13.7. The summed E-state index contributed by atoms with van der Waals surface area (Å²) in [5.41, 5.74) is 3.91. The summed E-state index contributed by atoms with van der Waals surface area (Å²) < 4.78 is 5.54. The molecule has 0 radical (unpaired) electrons. The Hall–Kier alpha value is -3.27. The van der Waals surface area contributed by atoms with Gasteiger partial charge in [0.2, 0.25) is 0 Å². The summed E-state index contributed by atoms with van der Waals surface area (Å²) in [4.78, 5) is 15.7. The third-order valence-electron chi connectivity index (χ3n) is 6.14. The van der Waals surface area contributed by atoms with E-state index in [1.54, 1.807) is 0 Å². The second kappa shape index (κ2) is 9.25. The molecule has 3 aromatic carbocycles. The van der Waals surface area contributed by atoms with E-state index in [9.17, 15) is 4.79 Å². The van der Waals surface area contributed by atoms with Crippen molar-refractivity contribution in [2.75, 3.05) is 16.8 Å². The summed E-state index contributed by atoms with van der Waals surface area (Å²) in [6.07, 6.45) is 0.880. The van der Waals surface area contributed by atoms with Crippen LogP contribution >= 0.6 is 0 Å². The predicted molar refractivity (Wildman–Crippen MR) is 127 cm³/mol. The molecule has 4 rings (SSSR count). The number of carbonyl (C=O) groups is 1. The average molecular weight is 415 g/mol. The lowest BCUT2D eigenvalue weighted by atomic mass is 9.80. The van der Waals surface area contributed by atoms with Gasteiger partial charge in [0.05, 0.1) is 12.6 Å². The van der Waals surface area contributed by atoms with Crippen molar-refractivity contribution < 1.29 is 9.53 Å². The molecule has 3 unspecified atom stereocenters. The maximum atomic E-state index is 13.7. The average Bonchev–Trinajstić information content (AvgIpc) is 2.81. The molecule has 4 heteroatoms. The lowest BCUT2D eigenvalue weighted by Crippen LogP contribution is -2.50. The van der Waals surface area contributed by atoms with Gasteiger partial charge in [-0.25, -0.2) is 0 Å². The molecule has 0 aliphatic carbocycles. The van der Waals surface area contributed by atoms with Crippen molar-refractivity contribution in [3.8, 4) is 5.75 Å². The number of hydrogen-bond donors (Lipinski definition) is 1. The van der Waals surface area contributed by atoms with Crippen molar-refractivity contribution in [1.29, 1.82) is 0 Å². The van der Waals surface area contributed by atoms with Crippen LogP contribution in [0.5, 0.6) is 5.75 Å². The highest BCUT2D eigenvalue weighted by atomic mass is 16.5. The lowest BCUT2D eigenvalue weighted by Gasteiger charge is -2.45. The van der Waals surface area contributed by atoms with Crippen LogP contribution in [-0.2, 0) is 0 Å². The summed E-state index contributed by atoms with van der Waals surface area (Å²) in [6, 6.07) is 26.3. The van der Waals surface area contributed by atoms with Crippen LogP contribution in [0.15, 0.2) is 78.9 Å². The van der Waals surface area contributed by atoms with Gasteiger partial charge >= 0.3 is 0 Å². The number of anilines is 2. The van der Waals surface area contributed by atoms with Crippen molar-refractivity contribution in [2.24, 2.45) is 5.92 Å². The van der Waals surface area contributed by atoms with Crippen molar-refractivity contribution in [2.45, 2.75) is 39.3 Å². The molecule has 31 heavy (non-hydrogen) atoms. The van der Waals surface area contributed by atoms with E-state index >= 15 is 0 Å². The first kappa shape index (κ1) is 21.0. The summed E-state index contributed by atoms with van der Waals surface area (Å²) in [7, 11) is 0. The summed E-state index contributed by atoms with van der Waals surface area (Å²) in [5, 5.41) is 3.72. The summed E-state index contributed by atoms with van der Waals surface area (Å²) >= 11 is 0. The SMILES string of the molecule is CCOc1ccc(C(=O)N2c3ccccc3C(Nc3ccccc3)C(C)C2CC)cc1. The number of benzene rings is 3. The first-order valence-electron chi connectivity index (χ1n) is 11.1. The molecule has 0 saturated carbocycles. The van der Waals surface area contributed by atoms with E-state index in [0.29, 0.717) is 12.2 Å². The standard InChI is InChI=1S/C27H30N2O2/c1-4-24-19(3)26(28-21-11-7-6-8-12-21)23-13-9-10-14-25(23)29(24)27(30)20-15-17-22(18-16-20)31-5-2/h6-19,24,26,28H,4-5H2,1-3H3. The minimum absolute atomic E-state index is 0.0346.